The minimum absolute atomic E-state index is 0.0361. The number of hydrogen-bond acceptors (Lipinski definition) is 7. The average molecular weight is 454 g/mol. The van der Waals surface area contributed by atoms with Gasteiger partial charge in [-0.1, -0.05) is 17.0 Å². The third-order valence-electron chi connectivity index (χ3n) is 4.35. The van der Waals surface area contributed by atoms with E-state index in [1.54, 1.807) is 49.8 Å². The van der Waals surface area contributed by atoms with E-state index in [1.165, 1.54) is 22.5 Å². The summed E-state index contributed by atoms with van der Waals surface area (Å²) in [6, 6.07) is 11.9. The molecule has 4 rings (SSSR count). The van der Waals surface area contributed by atoms with E-state index in [0.717, 1.165) is 12.1 Å². The number of carbonyl (C=O) groups excluding carboxylic acids is 1. The fourth-order valence-corrected chi connectivity index (χ4v) is 3.59. The van der Waals surface area contributed by atoms with Crippen LogP contribution in [0.1, 0.15) is 16.2 Å². The van der Waals surface area contributed by atoms with E-state index in [2.05, 4.69) is 25.6 Å². The first kappa shape index (κ1) is 21.4. The van der Waals surface area contributed by atoms with Crippen molar-refractivity contribution in [2.24, 2.45) is 0 Å². The summed E-state index contributed by atoms with van der Waals surface area (Å²) in [5, 5.41) is 11.2. The second kappa shape index (κ2) is 9.52. The van der Waals surface area contributed by atoms with Crippen LogP contribution < -0.4 is 10.1 Å². The van der Waals surface area contributed by atoms with Crippen LogP contribution in [-0.4, -0.2) is 38.0 Å². The van der Waals surface area contributed by atoms with Gasteiger partial charge >= 0.3 is 0 Å². The minimum atomic E-state index is -1.07. The van der Waals surface area contributed by atoms with Gasteiger partial charge in [-0.25, -0.2) is 23.4 Å². The summed E-state index contributed by atoms with van der Waals surface area (Å²) in [5.41, 5.74) is 1.27. The molecule has 4 aromatic rings. The molecule has 32 heavy (non-hydrogen) atoms. The smallest absolute Gasteiger partial charge is 0.278 e. The average Bonchev–Trinajstić information content (AvgIpc) is 3.25. The first-order chi connectivity index (χ1) is 15.5. The number of nitrogens with zero attached hydrogens (tertiary/aromatic N) is 5. The zero-order chi connectivity index (χ0) is 22.5. The highest BCUT2D eigenvalue weighted by Gasteiger charge is 2.22. The normalized spacial score (nSPS) is 10.7. The van der Waals surface area contributed by atoms with Crippen molar-refractivity contribution >= 4 is 23.4 Å². The van der Waals surface area contributed by atoms with Crippen LogP contribution in [0, 0.1) is 11.6 Å². The van der Waals surface area contributed by atoms with Crippen LogP contribution in [0.25, 0.3) is 5.69 Å². The number of anilines is 1. The minimum Gasteiger partial charge on any atom is -0.497 e. The number of benzene rings is 2. The number of aromatic nitrogens is 5. The fourth-order valence-electron chi connectivity index (χ4n) is 2.80. The number of halogens is 2. The van der Waals surface area contributed by atoms with Crippen LogP contribution in [0.15, 0.2) is 66.1 Å². The Kier molecular flexibility index (Phi) is 6.36. The van der Waals surface area contributed by atoms with E-state index in [4.69, 9.17) is 4.74 Å². The predicted octanol–water partition coefficient (Wildman–Crippen LogP) is 3.89. The molecule has 0 aliphatic heterocycles. The summed E-state index contributed by atoms with van der Waals surface area (Å²) in [5.74, 6) is -1.74. The lowest BCUT2D eigenvalue weighted by atomic mass is 10.2. The molecule has 0 atom stereocenters. The zero-order valence-electron chi connectivity index (χ0n) is 16.7. The number of hydrogen-bond donors (Lipinski definition) is 1. The lowest BCUT2D eigenvalue weighted by Crippen LogP contribution is -2.15. The Hall–Kier alpha value is -3.86. The van der Waals surface area contributed by atoms with Crippen molar-refractivity contribution in [3.63, 3.8) is 0 Å². The Morgan fingerprint density at radius 3 is 2.53 bits per heavy atom. The van der Waals surface area contributed by atoms with Gasteiger partial charge in [-0.15, -0.1) is 5.10 Å². The van der Waals surface area contributed by atoms with Crippen molar-refractivity contribution in [2.75, 3.05) is 12.4 Å². The lowest BCUT2D eigenvalue weighted by molar-refractivity contribution is 0.102. The molecule has 1 amide bonds. The molecular weight excluding hydrogens is 438 g/mol. The van der Waals surface area contributed by atoms with Crippen LogP contribution >= 0.6 is 11.8 Å². The third-order valence-corrected chi connectivity index (χ3v) is 5.24. The Bertz CT molecular complexity index is 1240. The van der Waals surface area contributed by atoms with Gasteiger partial charge < -0.3 is 10.1 Å². The molecule has 0 unspecified atom stereocenters. The molecule has 162 valence electrons. The van der Waals surface area contributed by atoms with Crippen LogP contribution in [0.2, 0.25) is 0 Å². The molecule has 8 nitrogen and oxygen atoms in total. The predicted molar refractivity (Wildman–Crippen MR) is 114 cm³/mol. The molecule has 2 aromatic heterocycles. The largest absolute Gasteiger partial charge is 0.497 e. The highest BCUT2D eigenvalue weighted by Crippen LogP contribution is 2.24. The Morgan fingerprint density at radius 1 is 1.09 bits per heavy atom. The molecule has 0 fully saturated rings. The van der Waals surface area contributed by atoms with E-state index in [0.29, 0.717) is 22.3 Å². The molecule has 0 aliphatic carbocycles. The molecular formula is C21H16F2N6O2S. The van der Waals surface area contributed by atoms with Crippen molar-refractivity contribution in [3.05, 3.63) is 83.9 Å². The van der Waals surface area contributed by atoms with Gasteiger partial charge in [-0.3, -0.25) is 4.79 Å². The molecule has 0 saturated carbocycles. The molecule has 11 heteroatoms. The van der Waals surface area contributed by atoms with Crippen molar-refractivity contribution in [1.82, 2.24) is 25.0 Å². The number of amides is 1. The molecule has 0 saturated heterocycles. The maximum Gasteiger partial charge on any atom is 0.278 e. The Labute approximate surface area is 185 Å². The first-order valence-corrected chi connectivity index (χ1v) is 10.3. The lowest BCUT2D eigenvalue weighted by Gasteiger charge is -2.09. The van der Waals surface area contributed by atoms with Crippen LogP contribution in [0.3, 0.4) is 0 Å². The Morgan fingerprint density at radius 2 is 1.84 bits per heavy atom. The molecule has 0 bridgehead atoms. The van der Waals surface area contributed by atoms with Gasteiger partial charge in [-0.2, -0.15) is 0 Å². The quantitative estimate of drug-likeness (QED) is 0.334. The van der Waals surface area contributed by atoms with E-state index in [-0.39, 0.29) is 17.1 Å². The van der Waals surface area contributed by atoms with Crippen molar-refractivity contribution in [1.29, 1.82) is 0 Å². The molecule has 0 aliphatic rings. The number of methoxy groups -OCH3 is 1. The van der Waals surface area contributed by atoms with E-state index in [9.17, 15) is 13.6 Å². The van der Waals surface area contributed by atoms with Crippen molar-refractivity contribution in [3.8, 4) is 11.4 Å². The van der Waals surface area contributed by atoms with Crippen LogP contribution in [0.4, 0.5) is 14.5 Å². The van der Waals surface area contributed by atoms with Gasteiger partial charge in [0.05, 0.1) is 18.5 Å². The van der Waals surface area contributed by atoms with Gasteiger partial charge in [-0.05, 0) is 42.5 Å². The van der Waals surface area contributed by atoms with Gasteiger partial charge in [0, 0.05) is 29.9 Å². The topological polar surface area (TPSA) is 94.8 Å². The summed E-state index contributed by atoms with van der Waals surface area (Å²) in [7, 11) is 1.56. The first-order valence-electron chi connectivity index (χ1n) is 9.30. The second-order valence-electron chi connectivity index (χ2n) is 6.40. The second-order valence-corrected chi connectivity index (χ2v) is 7.34. The number of carbonyl (C=O) groups is 1. The van der Waals surface area contributed by atoms with Gasteiger partial charge in [0.1, 0.15) is 5.75 Å². The number of ether oxygens (including phenoxy) is 1. The molecule has 0 spiro atoms. The Balaban J connectivity index is 1.66. The van der Waals surface area contributed by atoms with Crippen molar-refractivity contribution in [2.45, 2.75) is 10.9 Å². The molecule has 2 aromatic carbocycles. The van der Waals surface area contributed by atoms with Crippen molar-refractivity contribution < 1.29 is 18.3 Å². The van der Waals surface area contributed by atoms with E-state index >= 15 is 0 Å². The highest BCUT2D eigenvalue weighted by molar-refractivity contribution is 7.98. The SMILES string of the molecule is COc1ccc(-n2nnc(C(=O)Nc3ccc(F)c(F)c3)c2CSc2ncccn2)cc1. The number of thioether (sulfide) groups is 1. The monoisotopic (exact) mass is 454 g/mol. The zero-order valence-corrected chi connectivity index (χ0v) is 17.5. The summed E-state index contributed by atoms with van der Waals surface area (Å²) in [6.45, 7) is 0. The van der Waals surface area contributed by atoms with Crippen LogP contribution in [-0.2, 0) is 5.75 Å². The molecule has 0 radical (unpaired) electrons. The summed E-state index contributed by atoms with van der Waals surface area (Å²) < 4.78 is 33.4. The fraction of sp³-hybridized carbons (Fsp3) is 0.0952. The summed E-state index contributed by atoms with van der Waals surface area (Å²) in [4.78, 5) is 21.2. The maximum atomic E-state index is 13.5. The molecule has 1 N–H and O–H groups in total. The van der Waals surface area contributed by atoms with Gasteiger partial charge in [0.25, 0.3) is 5.91 Å². The third kappa shape index (κ3) is 4.72. The van der Waals surface area contributed by atoms with Gasteiger partial charge in [0.15, 0.2) is 22.5 Å². The van der Waals surface area contributed by atoms with Crippen LogP contribution in [0.5, 0.6) is 5.75 Å². The number of nitrogens with one attached hydrogen (secondary N) is 1. The maximum absolute atomic E-state index is 13.5. The summed E-state index contributed by atoms with van der Waals surface area (Å²) >= 11 is 1.30. The number of rotatable bonds is 7. The molecule has 2 heterocycles. The highest BCUT2D eigenvalue weighted by atomic mass is 32.2. The van der Waals surface area contributed by atoms with E-state index in [1.807, 2.05) is 0 Å². The van der Waals surface area contributed by atoms with E-state index < -0.39 is 17.5 Å². The summed E-state index contributed by atoms with van der Waals surface area (Å²) in [6.07, 6.45) is 3.23. The van der Waals surface area contributed by atoms with Gasteiger partial charge in [0.2, 0.25) is 0 Å². The standard InChI is InChI=1S/C21H16F2N6O2S/c1-31-15-6-4-14(5-7-15)29-18(12-32-21-24-9-2-10-25-21)19(27-28-29)20(30)26-13-3-8-16(22)17(23)11-13/h2-11H,12H2,1H3,(H,26,30).